The SMILES string of the molecule is CCNc1ccc(C#N)cc1/N=C1\S/C(=C2\Sc3ccccc3N2C)C(=O)N1Cc1ccco1. The monoisotopic (exact) mass is 487 g/mol. The molecule has 3 heterocycles. The minimum absolute atomic E-state index is 0.122. The summed E-state index contributed by atoms with van der Waals surface area (Å²) in [6.07, 6.45) is 1.59. The topological polar surface area (TPSA) is 84.9 Å². The Morgan fingerprint density at radius 3 is 2.74 bits per heavy atom. The number of fused-ring (bicyclic) bond motifs is 1. The van der Waals surface area contributed by atoms with Crippen molar-refractivity contribution in [1.29, 1.82) is 5.26 Å². The number of carbonyl (C=O) groups excluding carboxylic acids is 1. The van der Waals surface area contributed by atoms with Gasteiger partial charge in [0.25, 0.3) is 5.91 Å². The van der Waals surface area contributed by atoms with Crippen molar-refractivity contribution in [2.24, 2.45) is 4.99 Å². The molecule has 0 radical (unpaired) electrons. The molecule has 2 aliphatic heterocycles. The van der Waals surface area contributed by atoms with Crippen molar-refractivity contribution in [2.45, 2.75) is 18.4 Å². The minimum atomic E-state index is -0.122. The zero-order chi connectivity index (χ0) is 23.7. The van der Waals surface area contributed by atoms with Crippen LogP contribution in [-0.4, -0.2) is 29.6 Å². The van der Waals surface area contributed by atoms with Crippen LogP contribution < -0.4 is 10.2 Å². The first kappa shape index (κ1) is 22.2. The number of amidine groups is 1. The van der Waals surface area contributed by atoms with E-state index in [9.17, 15) is 10.1 Å². The number of hydrogen-bond acceptors (Lipinski definition) is 8. The molecular formula is C25H21N5O2S2. The molecule has 0 bridgehead atoms. The lowest BCUT2D eigenvalue weighted by molar-refractivity contribution is -0.122. The number of aliphatic imine (C=N–C) groups is 1. The number of furan rings is 1. The van der Waals surface area contributed by atoms with Crippen LogP contribution in [0.5, 0.6) is 0 Å². The summed E-state index contributed by atoms with van der Waals surface area (Å²) in [6.45, 7) is 2.98. The van der Waals surface area contributed by atoms with Crippen molar-refractivity contribution in [3.63, 3.8) is 0 Å². The normalized spacial score (nSPS) is 18.5. The molecule has 0 spiro atoms. The summed E-state index contributed by atoms with van der Waals surface area (Å²) in [4.78, 5) is 23.9. The molecule has 2 aliphatic rings. The number of anilines is 2. The predicted molar refractivity (Wildman–Crippen MR) is 137 cm³/mol. The predicted octanol–water partition coefficient (Wildman–Crippen LogP) is 5.76. The molecule has 5 rings (SSSR count). The number of hydrogen-bond donors (Lipinski definition) is 1. The van der Waals surface area contributed by atoms with Gasteiger partial charge in [0.05, 0.1) is 46.5 Å². The molecule has 2 aromatic carbocycles. The zero-order valence-corrected chi connectivity index (χ0v) is 20.2. The summed E-state index contributed by atoms with van der Waals surface area (Å²) in [7, 11) is 1.97. The van der Waals surface area contributed by atoms with Crippen molar-refractivity contribution in [2.75, 3.05) is 23.8 Å². The van der Waals surface area contributed by atoms with Crippen LogP contribution in [0.3, 0.4) is 0 Å². The van der Waals surface area contributed by atoms with Gasteiger partial charge in [0, 0.05) is 18.5 Å². The standard InChI is InChI=1S/C25H21N5O2S2/c1-3-27-18-11-10-16(14-26)13-19(18)28-25-30(15-17-7-6-12-32-17)23(31)22(34-25)24-29(2)20-8-4-5-9-21(20)33-24/h4-13,27H,3,15H2,1-2H3/b24-22-,28-25-. The zero-order valence-electron chi connectivity index (χ0n) is 18.6. The quantitative estimate of drug-likeness (QED) is 0.458. The highest BCUT2D eigenvalue weighted by molar-refractivity contribution is 8.19. The Kier molecular flexibility index (Phi) is 6.09. The number of carbonyl (C=O) groups is 1. The van der Waals surface area contributed by atoms with Crippen molar-refractivity contribution in [3.05, 3.63) is 82.1 Å². The van der Waals surface area contributed by atoms with Crippen LogP contribution in [0.15, 0.2) is 85.1 Å². The molecule has 170 valence electrons. The maximum atomic E-state index is 13.7. The molecule has 1 fully saturated rings. The highest BCUT2D eigenvalue weighted by atomic mass is 32.2. The Morgan fingerprint density at radius 1 is 1.15 bits per heavy atom. The largest absolute Gasteiger partial charge is 0.467 e. The molecular weight excluding hydrogens is 466 g/mol. The maximum Gasteiger partial charge on any atom is 0.269 e. The van der Waals surface area contributed by atoms with Crippen LogP contribution in [-0.2, 0) is 11.3 Å². The van der Waals surface area contributed by atoms with E-state index in [-0.39, 0.29) is 12.5 Å². The van der Waals surface area contributed by atoms with Crippen LogP contribution in [0.4, 0.5) is 17.1 Å². The van der Waals surface area contributed by atoms with Crippen molar-refractivity contribution in [1.82, 2.24) is 4.90 Å². The highest BCUT2D eigenvalue weighted by Crippen LogP contribution is 2.50. The van der Waals surface area contributed by atoms with E-state index in [2.05, 4.69) is 22.4 Å². The third-order valence-corrected chi connectivity index (χ3v) is 7.83. The van der Waals surface area contributed by atoms with Gasteiger partial charge in [-0.3, -0.25) is 9.69 Å². The van der Waals surface area contributed by atoms with Gasteiger partial charge in [0.1, 0.15) is 10.7 Å². The van der Waals surface area contributed by atoms with Crippen LogP contribution in [0.25, 0.3) is 0 Å². The summed E-state index contributed by atoms with van der Waals surface area (Å²) in [5.74, 6) is 0.546. The molecule has 0 unspecified atom stereocenters. The number of nitriles is 1. The molecule has 9 heteroatoms. The second-order valence-electron chi connectivity index (χ2n) is 7.60. The van der Waals surface area contributed by atoms with Gasteiger partial charge in [0.15, 0.2) is 5.17 Å². The molecule has 1 amide bonds. The van der Waals surface area contributed by atoms with E-state index in [4.69, 9.17) is 9.41 Å². The molecule has 34 heavy (non-hydrogen) atoms. The Morgan fingerprint density at radius 2 is 2.00 bits per heavy atom. The van der Waals surface area contributed by atoms with Gasteiger partial charge >= 0.3 is 0 Å². The fourth-order valence-electron chi connectivity index (χ4n) is 3.75. The third-order valence-electron chi connectivity index (χ3n) is 5.40. The number of rotatable bonds is 5. The summed E-state index contributed by atoms with van der Waals surface area (Å²) < 4.78 is 5.53. The second kappa shape index (κ2) is 9.33. The molecule has 0 atom stereocenters. The molecule has 0 aliphatic carbocycles. The van der Waals surface area contributed by atoms with Crippen molar-refractivity contribution in [3.8, 4) is 6.07 Å². The van der Waals surface area contributed by atoms with Crippen molar-refractivity contribution >= 4 is 51.7 Å². The molecule has 3 aromatic rings. The van der Waals surface area contributed by atoms with E-state index < -0.39 is 0 Å². The van der Waals surface area contributed by atoms with E-state index in [1.165, 1.54) is 11.8 Å². The molecule has 1 N–H and O–H groups in total. The number of para-hydroxylation sites is 1. The third kappa shape index (κ3) is 4.06. The lowest BCUT2D eigenvalue weighted by Gasteiger charge is -2.16. The van der Waals surface area contributed by atoms with E-state index in [0.29, 0.717) is 33.6 Å². The Hall–Kier alpha value is -3.61. The van der Waals surface area contributed by atoms with Gasteiger partial charge < -0.3 is 14.6 Å². The van der Waals surface area contributed by atoms with Crippen LogP contribution in [0.1, 0.15) is 18.2 Å². The smallest absolute Gasteiger partial charge is 0.269 e. The van der Waals surface area contributed by atoms with Crippen LogP contribution >= 0.6 is 23.5 Å². The first-order chi connectivity index (χ1) is 16.6. The summed E-state index contributed by atoms with van der Waals surface area (Å²) in [6, 6.07) is 19.2. The maximum absolute atomic E-state index is 13.7. The van der Waals surface area contributed by atoms with Gasteiger partial charge in [-0.1, -0.05) is 23.9 Å². The number of nitrogens with zero attached hydrogens (tertiary/aromatic N) is 4. The van der Waals surface area contributed by atoms with Gasteiger partial charge in [-0.15, -0.1) is 0 Å². The van der Waals surface area contributed by atoms with E-state index in [1.54, 1.807) is 41.1 Å². The van der Waals surface area contributed by atoms with E-state index in [0.717, 1.165) is 21.3 Å². The van der Waals surface area contributed by atoms with Crippen LogP contribution in [0, 0.1) is 11.3 Å². The first-order valence-electron chi connectivity index (χ1n) is 10.7. The lowest BCUT2D eigenvalue weighted by Crippen LogP contribution is -2.29. The summed E-state index contributed by atoms with van der Waals surface area (Å²) >= 11 is 2.93. The second-order valence-corrected chi connectivity index (χ2v) is 9.61. The Labute approximate surface area is 206 Å². The number of nitrogens with one attached hydrogen (secondary N) is 1. The molecule has 0 saturated carbocycles. The molecule has 7 nitrogen and oxygen atoms in total. The average Bonchev–Trinajstić information content (AvgIpc) is 3.56. The van der Waals surface area contributed by atoms with Crippen LogP contribution in [0.2, 0.25) is 0 Å². The Balaban J connectivity index is 1.59. The fourth-order valence-corrected chi connectivity index (χ4v) is 6.09. The average molecular weight is 488 g/mol. The Bertz CT molecular complexity index is 1360. The van der Waals surface area contributed by atoms with Gasteiger partial charge in [-0.05, 0) is 61.2 Å². The minimum Gasteiger partial charge on any atom is -0.467 e. The van der Waals surface area contributed by atoms with E-state index >= 15 is 0 Å². The summed E-state index contributed by atoms with van der Waals surface area (Å²) in [5.41, 5.74) is 3.00. The van der Waals surface area contributed by atoms with Gasteiger partial charge in [-0.25, -0.2) is 4.99 Å². The summed E-state index contributed by atoms with van der Waals surface area (Å²) in [5, 5.41) is 14.1. The van der Waals surface area contributed by atoms with E-state index in [1.807, 2.05) is 44.3 Å². The number of benzene rings is 2. The number of amides is 1. The highest BCUT2D eigenvalue weighted by Gasteiger charge is 2.39. The number of thioether (sulfide) groups is 2. The van der Waals surface area contributed by atoms with Gasteiger partial charge in [0.2, 0.25) is 0 Å². The first-order valence-corrected chi connectivity index (χ1v) is 12.4. The fraction of sp³-hybridized carbons (Fsp3) is 0.160. The van der Waals surface area contributed by atoms with Crippen molar-refractivity contribution < 1.29 is 9.21 Å². The lowest BCUT2D eigenvalue weighted by atomic mass is 10.2. The molecule has 1 aromatic heterocycles. The molecule has 1 saturated heterocycles. The van der Waals surface area contributed by atoms with Gasteiger partial charge in [-0.2, -0.15) is 5.26 Å².